The summed E-state index contributed by atoms with van der Waals surface area (Å²) in [5, 5.41) is 2.95. The van der Waals surface area contributed by atoms with Crippen molar-refractivity contribution in [2.75, 3.05) is 11.1 Å². The summed E-state index contributed by atoms with van der Waals surface area (Å²) >= 11 is 1.40. The third-order valence-corrected chi connectivity index (χ3v) is 4.36. The summed E-state index contributed by atoms with van der Waals surface area (Å²) < 4.78 is 0. The van der Waals surface area contributed by atoms with E-state index in [2.05, 4.69) is 12.2 Å². The molecule has 0 fully saturated rings. The molecule has 0 aromatic heterocycles. The molecule has 0 aliphatic carbocycles. The fourth-order valence-corrected chi connectivity index (χ4v) is 2.98. The molecule has 0 radical (unpaired) electrons. The second kappa shape index (κ2) is 12.8. The summed E-state index contributed by atoms with van der Waals surface area (Å²) in [6.07, 6.45) is 11.9. The van der Waals surface area contributed by atoms with E-state index >= 15 is 0 Å². The quantitative estimate of drug-likeness (QED) is 0.474. The van der Waals surface area contributed by atoms with Gasteiger partial charge in [-0.25, -0.2) is 0 Å². The van der Waals surface area contributed by atoms with Crippen LogP contribution >= 0.6 is 11.8 Å². The fourth-order valence-electron chi connectivity index (χ4n) is 2.25. The third kappa shape index (κ3) is 10.4. The first-order valence-corrected chi connectivity index (χ1v) is 9.30. The van der Waals surface area contributed by atoms with Gasteiger partial charge < -0.3 is 5.32 Å². The zero-order valence-corrected chi connectivity index (χ0v) is 14.1. The molecule has 0 spiro atoms. The van der Waals surface area contributed by atoms with Crippen LogP contribution in [0, 0.1) is 0 Å². The third-order valence-electron chi connectivity index (χ3n) is 3.50. The van der Waals surface area contributed by atoms with Crippen LogP contribution in [-0.2, 0) is 0 Å². The Balaban J connectivity index is 1.89. The number of hydrogen-bond acceptors (Lipinski definition) is 2. The van der Waals surface area contributed by atoms with Crippen molar-refractivity contribution in [1.82, 2.24) is 0 Å². The topological polar surface area (TPSA) is 29.1 Å². The van der Waals surface area contributed by atoms with Crippen LogP contribution in [0.1, 0.15) is 64.7 Å². The van der Waals surface area contributed by atoms with E-state index in [1.165, 1.54) is 63.1 Å². The summed E-state index contributed by atoms with van der Waals surface area (Å²) in [6.45, 7) is 2.26. The zero-order chi connectivity index (χ0) is 15.2. The molecule has 3 heteroatoms. The maximum Gasteiger partial charge on any atom is 0.283 e. The Kier molecular flexibility index (Phi) is 11.0. The minimum atomic E-state index is 0.0563. The van der Waals surface area contributed by atoms with E-state index in [1.54, 1.807) is 0 Å². The van der Waals surface area contributed by atoms with E-state index < -0.39 is 0 Å². The number of hydrogen-bond donors (Lipinski definition) is 1. The summed E-state index contributed by atoms with van der Waals surface area (Å²) in [4.78, 5) is 11.7. The van der Waals surface area contributed by atoms with E-state index in [9.17, 15) is 4.79 Å². The number of carbonyl (C=O) groups is 1. The number of rotatable bonds is 11. The van der Waals surface area contributed by atoms with Gasteiger partial charge in [0.15, 0.2) is 0 Å². The van der Waals surface area contributed by atoms with Gasteiger partial charge in [-0.15, -0.1) is 0 Å². The first kappa shape index (κ1) is 18.1. The van der Waals surface area contributed by atoms with Gasteiger partial charge in [0, 0.05) is 11.4 Å². The molecule has 1 N–H and O–H groups in total. The Morgan fingerprint density at radius 3 is 2.10 bits per heavy atom. The molecule has 0 bridgehead atoms. The highest BCUT2D eigenvalue weighted by atomic mass is 32.2. The minimum Gasteiger partial charge on any atom is -0.317 e. The molecule has 21 heavy (non-hydrogen) atoms. The normalized spacial score (nSPS) is 10.5. The van der Waals surface area contributed by atoms with Gasteiger partial charge in [-0.1, -0.05) is 88.3 Å². The molecule has 1 rings (SSSR count). The molecule has 0 heterocycles. The molecule has 0 unspecified atom stereocenters. The molecule has 2 nitrogen and oxygen atoms in total. The van der Waals surface area contributed by atoms with Crippen molar-refractivity contribution < 1.29 is 4.79 Å². The van der Waals surface area contributed by atoms with Crippen molar-refractivity contribution in [2.24, 2.45) is 0 Å². The second-order valence-corrected chi connectivity index (χ2v) is 6.52. The molecule has 0 saturated heterocycles. The Bertz CT molecular complexity index is 367. The number of thioether (sulfide) groups is 1. The number of amides is 1. The second-order valence-electron chi connectivity index (χ2n) is 5.46. The molecule has 1 aromatic rings. The van der Waals surface area contributed by atoms with Crippen LogP contribution in [0.3, 0.4) is 0 Å². The van der Waals surface area contributed by atoms with E-state index in [4.69, 9.17) is 0 Å². The summed E-state index contributed by atoms with van der Waals surface area (Å²) in [5.74, 6) is 0.925. The number of unbranched alkanes of at least 4 members (excludes halogenated alkanes) is 8. The van der Waals surface area contributed by atoms with Crippen LogP contribution in [0.4, 0.5) is 10.5 Å². The highest BCUT2D eigenvalue weighted by molar-refractivity contribution is 8.13. The molecule has 0 atom stereocenters. The Morgan fingerprint density at radius 1 is 0.905 bits per heavy atom. The Hall–Kier alpha value is -0.960. The van der Waals surface area contributed by atoms with Crippen LogP contribution in [0.2, 0.25) is 0 Å². The van der Waals surface area contributed by atoms with Crippen LogP contribution in [0.5, 0.6) is 0 Å². The first-order chi connectivity index (χ1) is 10.3. The number of nitrogens with one attached hydrogen (secondary N) is 1. The van der Waals surface area contributed by atoms with Crippen molar-refractivity contribution in [1.29, 1.82) is 0 Å². The minimum absolute atomic E-state index is 0.0563. The standard InChI is InChI=1S/C18H29NOS/c1-2-3-4-5-6-7-8-9-13-16-21-18(20)19-17-14-11-10-12-15-17/h10-12,14-15H,2-9,13,16H2,1H3,(H,19,20). The van der Waals surface area contributed by atoms with Gasteiger partial charge in [0.1, 0.15) is 0 Å². The summed E-state index contributed by atoms with van der Waals surface area (Å²) in [5.41, 5.74) is 0.877. The van der Waals surface area contributed by atoms with Gasteiger partial charge in [0.05, 0.1) is 0 Å². The monoisotopic (exact) mass is 307 g/mol. The molecule has 0 aliphatic rings. The Labute approximate surface area is 134 Å². The van der Waals surface area contributed by atoms with E-state index in [1.807, 2.05) is 30.3 Å². The molecular weight excluding hydrogens is 278 g/mol. The molecule has 1 aromatic carbocycles. The number of anilines is 1. The average Bonchev–Trinajstić information content (AvgIpc) is 2.50. The van der Waals surface area contributed by atoms with Crippen LogP contribution in [-0.4, -0.2) is 11.0 Å². The van der Waals surface area contributed by atoms with Crippen molar-refractivity contribution in [2.45, 2.75) is 64.7 Å². The number of para-hydroxylation sites is 1. The van der Waals surface area contributed by atoms with Gasteiger partial charge in [-0.05, 0) is 18.6 Å². The number of carbonyl (C=O) groups excluding carboxylic acids is 1. The molecule has 1 amide bonds. The summed E-state index contributed by atoms with van der Waals surface area (Å²) in [7, 11) is 0. The largest absolute Gasteiger partial charge is 0.317 e. The SMILES string of the molecule is CCCCCCCCCCCSC(=O)Nc1ccccc1. The van der Waals surface area contributed by atoms with Crippen LogP contribution < -0.4 is 5.32 Å². The first-order valence-electron chi connectivity index (χ1n) is 8.31. The van der Waals surface area contributed by atoms with Gasteiger partial charge in [-0.2, -0.15) is 0 Å². The van der Waals surface area contributed by atoms with Gasteiger partial charge in [0.2, 0.25) is 0 Å². The molecule has 0 aliphatic heterocycles. The lowest BCUT2D eigenvalue weighted by molar-refractivity contribution is 0.269. The van der Waals surface area contributed by atoms with Gasteiger partial charge in [-0.3, -0.25) is 4.79 Å². The van der Waals surface area contributed by atoms with Crippen molar-refractivity contribution in [3.05, 3.63) is 30.3 Å². The maximum atomic E-state index is 11.7. The predicted octanol–water partition coefficient (Wildman–Crippen LogP) is 6.48. The lowest BCUT2D eigenvalue weighted by Crippen LogP contribution is -2.05. The van der Waals surface area contributed by atoms with Gasteiger partial charge in [0.25, 0.3) is 5.24 Å². The van der Waals surface area contributed by atoms with Gasteiger partial charge >= 0.3 is 0 Å². The molecular formula is C18H29NOS. The average molecular weight is 308 g/mol. The lowest BCUT2D eigenvalue weighted by Gasteiger charge is -2.04. The Morgan fingerprint density at radius 2 is 1.48 bits per heavy atom. The van der Waals surface area contributed by atoms with Crippen molar-refractivity contribution in [3.63, 3.8) is 0 Å². The smallest absolute Gasteiger partial charge is 0.283 e. The maximum absolute atomic E-state index is 11.7. The number of benzene rings is 1. The predicted molar refractivity (Wildman–Crippen MR) is 95.1 cm³/mol. The van der Waals surface area contributed by atoms with Crippen LogP contribution in [0.15, 0.2) is 30.3 Å². The van der Waals surface area contributed by atoms with E-state index in [0.717, 1.165) is 17.9 Å². The highest BCUT2D eigenvalue weighted by Gasteiger charge is 2.02. The molecule has 0 saturated carbocycles. The lowest BCUT2D eigenvalue weighted by atomic mass is 10.1. The van der Waals surface area contributed by atoms with Crippen molar-refractivity contribution >= 4 is 22.7 Å². The van der Waals surface area contributed by atoms with E-state index in [-0.39, 0.29) is 5.24 Å². The van der Waals surface area contributed by atoms with Crippen molar-refractivity contribution in [3.8, 4) is 0 Å². The molecule has 118 valence electrons. The fraction of sp³-hybridized carbons (Fsp3) is 0.611. The van der Waals surface area contributed by atoms with E-state index in [0.29, 0.717) is 0 Å². The highest BCUT2D eigenvalue weighted by Crippen LogP contribution is 2.14. The zero-order valence-electron chi connectivity index (χ0n) is 13.3. The summed E-state index contributed by atoms with van der Waals surface area (Å²) in [6, 6.07) is 9.64. The van der Waals surface area contributed by atoms with Crippen LogP contribution in [0.25, 0.3) is 0 Å².